The lowest BCUT2D eigenvalue weighted by Crippen LogP contribution is -2.27. The Morgan fingerprint density at radius 3 is 2.38 bits per heavy atom. The Balaban J connectivity index is 1.39. The number of carbonyl (C=O) groups excluding carboxylic acids is 2. The van der Waals surface area contributed by atoms with Crippen molar-refractivity contribution in [2.45, 2.75) is 6.18 Å². The molecular formula is C25H15Cl2F3N2O3S2. The highest BCUT2D eigenvalue weighted by Gasteiger charge is 2.36. The normalized spacial score (nSPS) is 14.8. The molecule has 2 amide bonds. The molecule has 0 radical (unpaired) electrons. The van der Waals surface area contributed by atoms with E-state index in [-0.39, 0.29) is 21.5 Å². The fourth-order valence-electron chi connectivity index (χ4n) is 3.30. The number of anilines is 2. The molecule has 0 spiro atoms. The van der Waals surface area contributed by atoms with Gasteiger partial charge in [0.05, 0.1) is 16.2 Å². The summed E-state index contributed by atoms with van der Waals surface area (Å²) in [5.74, 6) is -0.527. The van der Waals surface area contributed by atoms with Crippen molar-refractivity contribution in [3.63, 3.8) is 0 Å². The first-order valence-electron chi connectivity index (χ1n) is 10.4. The van der Waals surface area contributed by atoms with E-state index in [0.717, 1.165) is 28.8 Å². The van der Waals surface area contributed by atoms with E-state index in [4.69, 9.17) is 40.2 Å². The van der Waals surface area contributed by atoms with Gasteiger partial charge in [-0.15, -0.1) is 0 Å². The molecule has 1 aliphatic rings. The number of carbonyl (C=O) groups is 2. The highest BCUT2D eigenvalue weighted by molar-refractivity contribution is 8.27. The van der Waals surface area contributed by atoms with Crippen molar-refractivity contribution in [1.29, 1.82) is 0 Å². The van der Waals surface area contributed by atoms with E-state index < -0.39 is 23.6 Å². The number of alkyl halides is 3. The molecular weight excluding hydrogens is 568 g/mol. The average molecular weight is 583 g/mol. The first-order valence-corrected chi connectivity index (χ1v) is 12.4. The molecule has 0 bridgehead atoms. The van der Waals surface area contributed by atoms with Crippen LogP contribution in [-0.2, 0) is 15.8 Å². The number of nitrogens with zero attached hydrogens (tertiary/aromatic N) is 1. The predicted octanol–water partition coefficient (Wildman–Crippen LogP) is 7.44. The third-order valence-corrected chi connectivity index (χ3v) is 6.66. The molecule has 0 aliphatic carbocycles. The van der Waals surface area contributed by atoms with Gasteiger partial charge in [-0.05, 0) is 60.2 Å². The van der Waals surface area contributed by atoms with Crippen molar-refractivity contribution in [2.75, 3.05) is 16.8 Å². The molecule has 0 unspecified atom stereocenters. The smallest absolute Gasteiger partial charge is 0.416 e. The molecule has 1 N–H and O–H groups in total. The van der Waals surface area contributed by atoms with Gasteiger partial charge in [0.2, 0.25) is 0 Å². The zero-order chi connectivity index (χ0) is 26.7. The number of benzene rings is 3. The van der Waals surface area contributed by atoms with Gasteiger partial charge in [0.15, 0.2) is 10.9 Å². The van der Waals surface area contributed by atoms with Gasteiger partial charge < -0.3 is 10.1 Å². The molecule has 1 aliphatic heterocycles. The van der Waals surface area contributed by atoms with Crippen molar-refractivity contribution in [3.8, 4) is 5.75 Å². The first kappa shape index (κ1) is 27.0. The van der Waals surface area contributed by atoms with Gasteiger partial charge >= 0.3 is 6.18 Å². The summed E-state index contributed by atoms with van der Waals surface area (Å²) >= 11 is 18.1. The average Bonchev–Trinajstić information content (AvgIpc) is 3.10. The molecule has 3 aromatic rings. The van der Waals surface area contributed by atoms with Gasteiger partial charge in [-0.1, -0.05) is 65.4 Å². The second-order valence-corrected chi connectivity index (χ2v) is 10.2. The minimum absolute atomic E-state index is 0.0443. The Bertz CT molecular complexity index is 1390. The molecule has 0 atom stereocenters. The lowest BCUT2D eigenvalue weighted by molar-refractivity contribution is -0.137. The van der Waals surface area contributed by atoms with Crippen molar-refractivity contribution in [1.82, 2.24) is 0 Å². The molecule has 0 saturated carbocycles. The SMILES string of the molecule is O=C(COc1ccc(/C=C2\SC(=S)N(c3cccc(C(F)(F)F)c3)C2=O)cc1)Nc1cc(Cl)cc(Cl)c1. The van der Waals surface area contributed by atoms with Gasteiger partial charge in [-0.2, -0.15) is 13.2 Å². The summed E-state index contributed by atoms with van der Waals surface area (Å²) in [6, 6.07) is 15.6. The van der Waals surface area contributed by atoms with Gasteiger partial charge in [0, 0.05) is 15.7 Å². The molecule has 0 aromatic heterocycles. The molecule has 4 rings (SSSR count). The number of rotatable bonds is 6. The lowest BCUT2D eigenvalue weighted by atomic mass is 10.1. The standard InChI is InChI=1S/C25H15Cl2F3N2O3S2/c26-16-10-17(27)12-18(11-16)31-22(33)13-35-20-6-4-14(5-7-20)8-21-23(34)32(24(36)37-21)19-3-1-2-15(9-19)25(28,29)30/h1-12H,13H2,(H,31,33)/b21-8-. The van der Waals surface area contributed by atoms with Gasteiger partial charge in [-0.3, -0.25) is 14.5 Å². The third-order valence-electron chi connectivity index (χ3n) is 4.92. The summed E-state index contributed by atoms with van der Waals surface area (Å²) < 4.78 is 44.8. The maximum absolute atomic E-state index is 13.1. The minimum Gasteiger partial charge on any atom is -0.484 e. The third kappa shape index (κ3) is 6.84. The van der Waals surface area contributed by atoms with Crippen molar-refractivity contribution >= 4 is 80.8 Å². The fourth-order valence-corrected chi connectivity index (χ4v) is 5.12. The van der Waals surface area contributed by atoms with Crippen LogP contribution < -0.4 is 15.0 Å². The zero-order valence-electron chi connectivity index (χ0n) is 18.5. The van der Waals surface area contributed by atoms with E-state index in [9.17, 15) is 22.8 Å². The number of amides is 2. The number of thioether (sulfide) groups is 1. The van der Waals surface area contributed by atoms with E-state index in [0.29, 0.717) is 27.0 Å². The Kier molecular flexibility index (Phi) is 8.13. The number of hydrogen-bond acceptors (Lipinski definition) is 5. The highest BCUT2D eigenvalue weighted by Crippen LogP contribution is 2.38. The molecule has 3 aromatic carbocycles. The van der Waals surface area contributed by atoms with Crippen molar-refractivity contribution in [3.05, 3.63) is 92.8 Å². The van der Waals surface area contributed by atoms with Crippen LogP contribution in [0.15, 0.2) is 71.6 Å². The second kappa shape index (κ2) is 11.1. The summed E-state index contributed by atoms with van der Waals surface area (Å²) in [6.07, 6.45) is -2.97. The van der Waals surface area contributed by atoms with E-state index >= 15 is 0 Å². The summed E-state index contributed by atoms with van der Waals surface area (Å²) in [6.45, 7) is -0.265. The first-order chi connectivity index (χ1) is 17.5. The van der Waals surface area contributed by atoms with Crippen molar-refractivity contribution in [2.24, 2.45) is 0 Å². The fraction of sp³-hybridized carbons (Fsp3) is 0.0800. The molecule has 12 heteroatoms. The summed E-state index contributed by atoms with van der Waals surface area (Å²) in [7, 11) is 0. The largest absolute Gasteiger partial charge is 0.484 e. The van der Waals surface area contributed by atoms with Crippen LogP contribution in [0.25, 0.3) is 6.08 Å². The van der Waals surface area contributed by atoms with Crippen LogP contribution in [0, 0.1) is 0 Å². The van der Waals surface area contributed by atoms with Crippen LogP contribution in [0.2, 0.25) is 10.0 Å². The molecule has 1 saturated heterocycles. The van der Waals surface area contributed by atoms with Crippen molar-refractivity contribution < 1.29 is 27.5 Å². The highest BCUT2D eigenvalue weighted by atomic mass is 35.5. The minimum atomic E-state index is -4.54. The van der Waals surface area contributed by atoms with Gasteiger partial charge in [0.25, 0.3) is 11.8 Å². The van der Waals surface area contributed by atoms with Crippen LogP contribution in [0.4, 0.5) is 24.5 Å². The van der Waals surface area contributed by atoms with Crippen LogP contribution >= 0.6 is 47.2 Å². The summed E-state index contributed by atoms with van der Waals surface area (Å²) in [5, 5.41) is 3.39. The number of hydrogen-bond donors (Lipinski definition) is 1. The molecule has 190 valence electrons. The Morgan fingerprint density at radius 2 is 1.73 bits per heavy atom. The van der Waals surface area contributed by atoms with Gasteiger partial charge in [0.1, 0.15) is 5.75 Å². The van der Waals surface area contributed by atoms with E-state index in [2.05, 4.69) is 5.32 Å². The maximum Gasteiger partial charge on any atom is 0.416 e. The zero-order valence-corrected chi connectivity index (χ0v) is 21.7. The lowest BCUT2D eigenvalue weighted by Gasteiger charge is -2.16. The summed E-state index contributed by atoms with van der Waals surface area (Å²) in [5.41, 5.74) is 0.241. The number of nitrogens with one attached hydrogen (secondary N) is 1. The topological polar surface area (TPSA) is 58.6 Å². The Hall–Kier alpha value is -3.05. The Morgan fingerprint density at radius 1 is 1.05 bits per heavy atom. The van der Waals surface area contributed by atoms with E-state index in [1.165, 1.54) is 12.1 Å². The summed E-state index contributed by atoms with van der Waals surface area (Å²) in [4.78, 5) is 26.4. The molecule has 1 heterocycles. The molecule has 5 nitrogen and oxygen atoms in total. The monoisotopic (exact) mass is 582 g/mol. The van der Waals surface area contributed by atoms with E-state index in [1.54, 1.807) is 48.5 Å². The maximum atomic E-state index is 13.1. The van der Waals surface area contributed by atoms with Crippen LogP contribution in [0.3, 0.4) is 0 Å². The van der Waals surface area contributed by atoms with E-state index in [1.807, 2.05) is 0 Å². The number of ether oxygens (including phenoxy) is 1. The number of thiocarbonyl (C=S) groups is 1. The Labute approximate surface area is 229 Å². The quantitative estimate of drug-likeness (QED) is 0.242. The van der Waals surface area contributed by atoms with Gasteiger partial charge in [-0.25, -0.2) is 0 Å². The molecule has 1 fully saturated rings. The number of halogens is 5. The van der Waals surface area contributed by atoms with Crippen LogP contribution in [0.5, 0.6) is 5.75 Å². The van der Waals surface area contributed by atoms with Crippen LogP contribution in [0.1, 0.15) is 11.1 Å². The van der Waals surface area contributed by atoms with Crippen LogP contribution in [-0.4, -0.2) is 22.7 Å². The second-order valence-electron chi connectivity index (χ2n) is 7.63. The molecule has 37 heavy (non-hydrogen) atoms. The predicted molar refractivity (Wildman–Crippen MR) is 144 cm³/mol.